The smallest absolute Gasteiger partial charge is 0.353 e. The zero-order valence-corrected chi connectivity index (χ0v) is 20.9. The van der Waals surface area contributed by atoms with Crippen LogP contribution >= 0.6 is 23.2 Å². The molecule has 2 aliphatic heterocycles. The molecule has 10 atom stereocenters. The fourth-order valence-electron chi connectivity index (χ4n) is 8.91. The van der Waals surface area contributed by atoms with Gasteiger partial charge in [0.15, 0.2) is 0 Å². The van der Waals surface area contributed by atoms with E-state index in [4.69, 9.17) is 27.9 Å². The maximum absolute atomic E-state index is 13.7. The van der Waals surface area contributed by atoms with Gasteiger partial charge < -0.3 is 14.2 Å². The number of hydrogen-bond acceptors (Lipinski definition) is 3. The topological polar surface area (TPSA) is 27.7 Å². The summed E-state index contributed by atoms with van der Waals surface area (Å²) in [6, 6.07) is 0. The van der Waals surface area contributed by atoms with Crippen molar-refractivity contribution in [3.05, 3.63) is 0 Å². The Morgan fingerprint density at radius 2 is 0.897 bits per heavy atom. The van der Waals surface area contributed by atoms with E-state index in [9.17, 15) is 52.7 Å². The maximum Gasteiger partial charge on any atom is 0.426 e. The first-order valence-corrected chi connectivity index (χ1v) is 13.0. The van der Waals surface area contributed by atoms with Crippen LogP contribution in [0.2, 0.25) is 0 Å². The predicted octanol–water partition coefficient (Wildman–Crippen LogP) is 7.49. The van der Waals surface area contributed by atoms with Gasteiger partial charge in [-0.2, -0.15) is 52.7 Å². The molecule has 6 rings (SSSR count). The third-order valence-corrected chi connectivity index (χ3v) is 11.5. The molecular weight excluding hydrogens is 611 g/mol. The van der Waals surface area contributed by atoms with Gasteiger partial charge in [0, 0.05) is 22.7 Å². The lowest BCUT2D eigenvalue weighted by Crippen LogP contribution is -2.78. The van der Waals surface area contributed by atoms with Crippen LogP contribution < -0.4 is 0 Å². The first kappa shape index (κ1) is 28.7. The van der Waals surface area contributed by atoms with Crippen LogP contribution in [0.25, 0.3) is 0 Å². The Bertz CT molecular complexity index is 935. The molecule has 0 aromatic rings. The highest BCUT2D eigenvalue weighted by molar-refractivity contribution is 6.22. The molecule has 0 aromatic carbocycles. The van der Waals surface area contributed by atoms with Gasteiger partial charge in [-0.1, -0.05) is 23.2 Å². The standard InChI is InChI=1S/C22H20Cl2F12O3/c23-13(15-3-1-7(5-15)9-11(15)38-17(9,19(25,26)27)20(28,29)30)37-14(24)16-4-2-8(6-16)10-12(16)39-18(10,21(31,32)33)22(34,35)36/h7-14H,1-6H2. The molecule has 4 bridgehead atoms. The van der Waals surface area contributed by atoms with Crippen LogP contribution in [0.4, 0.5) is 52.7 Å². The van der Waals surface area contributed by atoms with Gasteiger partial charge in [-0.05, 0) is 50.4 Å². The molecule has 10 unspecified atom stereocenters. The Morgan fingerprint density at radius 3 is 1.18 bits per heavy atom. The summed E-state index contributed by atoms with van der Waals surface area (Å²) in [6.45, 7) is 0. The second-order valence-electron chi connectivity index (χ2n) is 11.8. The van der Waals surface area contributed by atoms with Crippen molar-refractivity contribution >= 4 is 23.2 Å². The molecule has 0 aromatic heterocycles. The number of ether oxygens (including phenoxy) is 3. The molecule has 0 N–H and O–H groups in total. The maximum atomic E-state index is 13.7. The molecule has 39 heavy (non-hydrogen) atoms. The Morgan fingerprint density at radius 1 is 0.590 bits per heavy atom. The quantitative estimate of drug-likeness (QED) is 0.238. The summed E-state index contributed by atoms with van der Waals surface area (Å²) >= 11 is 12.9. The fourth-order valence-corrected chi connectivity index (χ4v) is 9.81. The van der Waals surface area contributed by atoms with Gasteiger partial charge in [-0.25, -0.2) is 0 Å². The van der Waals surface area contributed by atoms with Crippen molar-refractivity contribution in [2.24, 2.45) is 34.5 Å². The summed E-state index contributed by atoms with van der Waals surface area (Å²) in [5.74, 6) is -6.01. The Labute approximate surface area is 222 Å². The first-order valence-electron chi connectivity index (χ1n) is 12.2. The second kappa shape index (κ2) is 7.76. The molecule has 2 saturated heterocycles. The van der Waals surface area contributed by atoms with Crippen LogP contribution in [0, 0.1) is 34.5 Å². The van der Waals surface area contributed by atoms with Crippen LogP contribution in [0.5, 0.6) is 0 Å². The van der Waals surface area contributed by atoms with Gasteiger partial charge in [-0.3, -0.25) is 0 Å². The highest BCUT2D eigenvalue weighted by atomic mass is 35.5. The molecule has 0 spiro atoms. The molecule has 6 fully saturated rings. The third kappa shape index (κ3) is 3.12. The van der Waals surface area contributed by atoms with E-state index in [1.165, 1.54) is 0 Å². The lowest BCUT2D eigenvalue weighted by molar-refractivity contribution is -0.479. The normalized spacial score (nSPS) is 45.4. The summed E-state index contributed by atoms with van der Waals surface area (Å²) < 4.78 is 179. The van der Waals surface area contributed by atoms with Gasteiger partial charge in [0.2, 0.25) is 0 Å². The Balaban J connectivity index is 1.23. The summed E-state index contributed by atoms with van der Waals surface area (Å²) in [5.41, 5.74) is -14.9. The molecular formula is C22H20Cl2F12O3. The van der Waals surface area contributed by atoms with E-state index in [2.05, 4.69) is 9.47 Å². The molecule has 4 saturated carbocycles. The van der Waals surface area contributed by atoms with Crippen LogP contribution in [0.1, 0.15) is 38.5 Å². The number of hydrogen-bond donors (Lipinski definition) is 0. The van der Waals surface area contributed by atoms with Gasteiger partial charge in [0.25, 0.3) is 11.2 Å². The Kier molecular flexibility index (Phi) is 5.72. The highest BCUT2D eigenvalue weighted by Gasteiger charge is 2.90. The lowest BCUT2D eigenvalue weighted by atomic mass is 9.64. The minimum atomic E-state index is -5.75. The van der Waals surface area contributed by atoms with Crippen molar-refractivity contribution in [1.29, 1.82) is 0 Å². The van der Waals surface area contributed by atoms with Crippen LogP contribution in [-0.2, 0) is 14.2 Å². The second-order valence-corrected chi connectivity index (χ2v) is 12.6. The van der Waals surface area contributed by atoms with E-state index in [-0.39, 0.29) is 38.5 Å². The van der Waals surface area contributed by atoms with E-state index < -0.39 is 93.7 Å². The largest absolute Gasteiger partial charge is 0.426 e. The van der Waals surface area contributed by atoms with Crippen molar-refractivity contribution in [2.45, 2.75) is 97.8 Å². The lowest BCUT2D eigenvalue weighted by Gasteiger charge is -2.60. The van der Waals surface area contributed by atoms with Gasteiger partial charge in [0.1, 0.15) is 11.1 Å². The predicted molar refractivity (Wildman–Crippen MR) is 106 cm³/mol. The van der Waals surface area contributed by atoms with E-state index >= 15 is 0 Å². The van der Waals surface area contributed by atoms with Crippen molar-refractivity contribution in [3.8, 4) is 0 Å². The highest BCUT2D eigenvalue weighted by Crippen LogP contribution is 2.77. The minimum Gasteiger partial charge on any atom is -0.353 e. The average molecular weight is 631 g/mol. The number of rotatable bonds is 4. The summed E-state index contributed by atoms with van der Waals surface area (Å²) in [5, 5.41) is 0. The first-order chi connectivity index (χ1) is 17.6. The minimum absolute atomic E-state index is 0.0291. The SMILES string of the molecule is FC(F)(F)C1(C(F)(F)F)OC2C1C1CCC2(C(Cl)OC(Cl)C23CCC(C2)C2C3OC2(C(F)(F)F)C(F)(F)F)C1. The van der Waals surface area contributed by atoms with Crippen LogP contribution in [0.3, 0.4) is 0 Å². The van der Waals surface area contributed by atoms with Crippen LogP contribution in [-0.4, -0.2) is 59.2 Å². The zero-order valence-electron chi connectivity index (χ0n) is 19.4. The van der Waals surface area contributed by atoms with Crippen molar-refractivity contribution in [2.75, 3.05) is 0 Å². The molecule has 6 aliphatic rings. The molecule has 3 nitrogen and oxygen atoms in total. The summed E-state index contributed by atoms with van der Waals surface area (Å²) in [4.78, 5) is 0. The fraction of sp³-hybridized carbons (Fsp3) is 1.00. The zero-order chi connectivity index (χ0) is 29.0. The summed E-state index contributed by atoms with van der Waals surface area (Å²) in [6.07, 6.45) is -26.5. The van der Waals surface area contributed by atoms with Gasteiger partial charge >= 0.3 is 24.7 Å². The monoisotopic (exact) mass is 630 g/mol. The van der Waals surface area contributed by atoms with Crippen molar-refractivity contribution in [1.82, 2.24) is 0 Å². The van der Waals surface area contributed by atoms with E-state index in [0.29, 0.717) is 0 Å². The number of alkyl halides is 14. The van der Waals surface area contributed by atoms with Crippen molar-refractivity contribution < 1.29 is 66.9 Å². The third-order valence-electron chi connectivity index (χ3n) is 10.4. The molecule has 17 heteroatoms. The van der Waals surface area contributed by atoms with Crippen molar-refractivity contribution in [3.63, 3.8) is 0 Å². The molecule has 224 valence electrons. The molecule has 0 amide bonds. The Hall–Kier alpha value is -0.380. The number of fused-ring (bicyclic) bond motifs is 10. The van der Waals surface area contributed by atoms with Gasteiger partial charge in [0.05, 0.1) is 12.2 Å². The molecule has 4 aliphatic carbocycles. The van der Waals surface area contributed by atoms with E-state index in [0.717, 1.165) is 0 Å². The number of halogens is 14. The van der Waals surface area contributed by atoms with Crippen LogP contribution in [0.15, 0.2) is 0 Å². The molecule has 2 heterocycles. The van der Waals surface area contributed by atoms with E-state index in [1.807, 2.05) is 0 Å². The summed E-state index contributed by atoms with van der Waals surface area (Å²) in [7, 11) is 0. The molecule has 0 radical (unpaired) electrons. The van der Waals surface area contributed by atoms with Gasteiger partial charge in [-0.15, -0.1) is 0 Å². The average Bonchev–Trinajstić information content (AvgIpc) is 3.38. The van der Waals surface area contributed by atoms with E-state index in [1.54, 1.807) is 0 Å².